The maximum Gasteiger partial charge on any atom is 0.253 e. The molecule has 0 bridgehead atoms. The number of hydrogen-bond acceptors (Lipinski definition) is 6. The van der Waals surface area contributed by atoms with Crippen LogP contribution < -0.4 is 4.74 Å². The number of thiazole rings is 1. The van der Waals surface area contributed by atoms with E-state index < -0.39 is 6.23 Å². The van der Waals surface area contributed by atoms with Crippen LogP contribution in [0.15, 0.2) is 59.7 Å². The summed E-state index contributed by atoms with van der Waals surface area (Å²) in [5.74, 6) is 0.956. The summed E-state index contributed by atoms with van der Waals surface area (Å²) in [7, 11) is 1.61. The highest BCUT2D eigenvalue weighted by atomic mass is 32.1. The highest BCUT2D eigenvalue weighted by Crippen LogP contribution is 2.35. The smallest absolute Gasteiger partial charge is 0.253 e. The first-order chi connectivity index (χ1) is 13.6. The van der Waals surface area contributed by atoms with Crippen LogP contribution in [-0.2, 0) is 9.53 Å². The summed E-state index contributed by atoms with van der Waals surface area (Å²) >= 11 is 1.50. The van der Waals surface area contributed by atoms with E-state index in [1.165, 1.54) is 23.3 Å². The molecule has 1 aliphatic heterocycles. The molecule has 28 heavy (non-hydrogen) atoms. The van der Waals surface area contributed by atoms with E-state index in [1.54, 1.807) is 7.11 Å². The van der Waals surface area contributed by atoms with Crippen LogP contribution in [0.4, 0.5) is 0 Å². The second kappa shape index (κ2) is 7.44. The monoisotopic (exact) mass is 393 g/mol. The molecule has 0 saturated carbocycles. The van der Waals surface area contributed by atoms with Crippen LogP contribution in [0.2, 0.25) is 0 Å². The van der Waals surface area contributed by atoms with E-state index in [9.17, 15) is 4.79 Å². The van der Waals surface area contributed by atoms with E-state index >= 15 is 0 Å². The molecule has 1 aromatic heterocycles. The van der Waals surface area contributed by atoms with Crippen molar-refractivity contribution < 1.29 is 14.3 Å². The van der Waals surface area contributed by atoms with Gasteiger partial charge in [0.2, 0.25) is 12.1 Å². The SMILES string of the molecule is COc1ccc(C2OC(c3sc(-c4ccccc4)nc3C)=NN2C(C)=O)cc1. The second-order valence-electron chi connectivity index (χ2n) is 6.31. The third-order valence-electron chi connectivity index (χ3n) is 4.38. The number of aromatic nitrogens is 1. The van der Waals surface area contributed by atoms with Crippen molar-refractivity contribution in [3.8, 4) is 16.3 Å². The van der Waals surface area contributed by atoms with Crippen molar-refractivity contribution in [1.29, 1.82) is 0 Å². The Labute approximate surface area is 167 Å². The lowest BCUT2D eigenvalue weighted by atomic mass is 10.2. The van der Waals surface area contributed by atoms with Crippen molar-refractivity contribution >= 4 is 23.1 Å². The Hall–Kier alpha value is -3.19. The van der Waals surface area contributed by atoms with Gasteiger partial charge in [0.1, 0.15) is 15.6 Å². The first-order valence-corrected chi connectivity index (χ1v) is 9.60. The van der Waals surface area contributed by atoms with E-state index in [0.29, 0.717) is 5.90 Å². The lowest BCUT2D eigenvalue weighted by Gasteiger charge is -2.19. The van der Waals surface area contributed by atoms with E-state index in [0.717, 1.165) is 32.5 Å². The van der Waals surface area contributed by atoms with Crippen LogP contribution in [-0.4, -0.2) is 28.9 Å². The van der Waals surface area contributed by atoms with Gasteiger partial charge in [0, 0.05) is 18.1 Å². The number of hydrogen-bond donors (Lipinski definition) is 0. The van der Waals surface area contributed by atoms with Crippen molar-refractivity contribution in [3.05, 3.63) is 70.7 Å². The number of nitrogens with zero attached hydrogens (tertiary/aromatic N) is 3. The van der Waals surface area contributed by atoms with E-state index in [1.807, 2.05) is 61.5 Å². The molecule has 2 aromatic carbocycles. The maximum atomic E-state index is 12.1. The average Bonchev–Trinajstić information content (AvgIpc) is 3.33. The average molecular weight is 393 g/mol. The predicted molar refractivity (Wildman–Crippen MR) is 108 cm³/mol. The van der Waals surface area contributed by atoms with Gasteiger partial charge >= 0.3 is 0 Å². The molecule has 0 aliphatic carbocycles. The summed E-state index contributed by atoms with van der Waals surface area (Å²) in [4.78, 5) is 17.6. The Kier molecular flexibility index (Phi) is 4.83. The number of ether oxygens (including phenoxy) is 2. The Balaban J connectivity index is 1.66. The molecule has 3 aromatic rings. The zero-order valence-electron chi connectivity index (χ0n) is 15.7. The highest BCUT2D eigenvalue weighted by molar-refractivity contribution is 7.17. The number of carbonyl (C=O) groups is 1. The number of aryl methyl sites for hydroxylation is 1. The fourth-order valence-corrected chi connectivity index (χ4v) is 3.94. The first kappa shape index (κ1) is 18.2. The van der Waals surface area contributed by atoms with Crippen LogP contribution in [0.25, 0.3) is 10.6 Å². The van der Waals surface area contributed by atoms with Crippen LogP contribution in [0.3, 0.4) is 0 Å². The van der Waals surface area contributed by atoms with Gasteiger partial charge in [-0.3, -0.25) is 4.79 Å². The fraction of sp³-hybridized carbons (Fsp3) is 0.190. The second-order valence-corrected chi connectivity index (χ2v) is 7.31. The van der Waals surface area contributed by atoms with Gasteiger partial charge in [0.25, 0.3) is 5.90 Å². The van der Waals surface area contributed by atoms with E-state index in [2.05, 4.69) is 10.1 Å². The molecule has 7 heteroatoms. The summed E-state index contributed by atoms with van der Waals surface area (Å²) < 4.78 is 11.3. The van der Waals surface area contributed by atoms with Crippen molar-refractivity contribution in [3.63, 3.8) is 0 Å². The molecular formula is C21H19N3O3S. The molecule has 1 atom stereocenters. The molecule has 0 saturated heterocycles. The van der Waals surface area contributed by atoms with Gasteiger partial charge in [0.05, 0.1) is 12.8 Å². The lowest BCUT2D eigenvalue weighted by molar-refractivity contribution is -0.135. The molecule has 0 N–H and O–H groups in total. The van der Waals surface area contributed by atoms with Gasteiger partial charge in [-0.1, -0.05) is 30.3 Å². The Morgan fingerprint density at radius 2 is 1.86 bits per heavy atom. The van der Waals surface area contributed by atoms with Gasteiger partial charge in [-0.25, -0.2) is 4.98 Å². The Morgan fingerprint density at radius 1 is 1.14 bits per heavy atom. The molecule has 4 rings (SSSR count). The molecule has 2 heterocycles. The number of amides is 1. The molecule has 142 valence electrons. The minimum absolute atomic E-state index is 0.193. The Morgan fingerprint density at radius 3 is 2.50 bits per heavy atom. The number of carbonyl (C=O) groups excluding carboxylic acids is 1. The van der Waals surface area contributed by atoms with Crippen molar-refractivity contribution in [2.24, 2.45) is 5.10 Å². The normalized spacial score (nSPS) is 15.9. The topological polar surface area (TPSA) is 64.0 Å². The van der Waals surface area contributed by atoms with Crippen LogP contribution in [0, 0.1) is 6.92 Å². The predicted octanol–water partition coefficient (Wildman–Crippen LogP) is 4.37. The number of rotatable bonds is 4. The Bertz CT molecular complexity index is 1030. The van der Waals surface area contributed by atoms with Gasteiger partial charge in [-0.05, 0) is 31.2 Å². The minimum atomic E-state index is -0.611. The molecule has 0 spiro atoms. The lowest BCUT2D eigenvalue weighted by Crippen LogP contribution is -2.25. The summed E-state index contributed by atoms with van der Waals surface area (Å²) in [5.41, 5.74) is 2.68. The van der Waals surface area contributed by atoms with E-state index in [4.69, 9.17) is 9.47 Å². The van der Waals surface area contributed by atoms with Crippen LogP contribution in [0.5, 0.6) is 5.75 Å². The van der Waals surface area contributed by atoms with Gasteiger partial charge in [-0.15, -0.1) is 16.4 Å². The van der Waals surface area contributed by atoms with Crippen LogP contribution >= 0.6 is 11.3 Å². The summed E-state index contributed by atoms with van der Waals surface area (Å²) in [6.07, 6.45) is -0.611. The number of methoxy groups -OCH3 is 1. The van der Waals surface area contributed by atoms with E-state index in [-0.39, 0.29) is 5.91 Å². The fourth-order valence-electron chi connectivity index (χ4n) is 2.94. The molecule has 1 amide bonds. The first-order valence-electron chi connectivity index (χ1n) is 8.79. The summed E-state index contributed by atoms with van der Waals surface area (Å²) in [5, 5.41) is 6.69. The molecule has 1 aliphatic rings. The van der Waals surface area contributed by atoms with Gasteiger partial charge < -0.3 is 9.47 Å². The molecule has 0 radical (unpaired) electrons. The summed E-state index contributed by atoms with van der Waals surface area (Å²) in [6, 6.07) is 17.4. The van der Waals surface area contributed by atoms with Crippen molar-refractivity contribution in [2.75, 3.05) is 7.11 Å². The third kappa shape index (κ3) is 3.36. The number of hydrazone groups is 1. The zero-order valence-corrected chi connectivity index (χ0v) is 16.6. The third-order valence-corrected chi connectivity index (χ3v) is 5.57. The summed E-state index contributed by atoms with van der Waals surface area (Å²) in [6.45, 7) is 3.39. The minimum Gasteiger partial charge on any atom is -0.497 e. The maximum absolute atomic E-state index is 12.1. The largest absolute Gasteiger partial charge is 0.497 e. The van der Waals surface area contributed by atoms with Crippen molar-refractivity contribution in [2.45, 2.75) is 20.1 Å². The van der Waals surface area contributed by atoms with Gasteiger partial charge in [-0.2, -0.15) is 5.01 Å². The zero-order chi connectivity index (χ0) is 19.7. The van der Waals surface area contributed by atoms with Crippen LogP contribution in [0.1, 0.15) is 29.3 Å². The quantitative estimate of drug-likeness (QED) is 0.660. The molecular weight excluding hydrogens is 374 g/mol. The van der Waals surface area contributed by atoms with Gasteiger partial charge in [0.15, 0.2) is 0 Å². The molecule has 1 unspecified atom stereocenters. The van der Waals surface area contributed by atoms with Crippen molar-refractivity contribution in [1.82, 2.24) is 9.99 Å². The molecule has 6 nitrogen and oxygen atoms in total. The molecule has 0 fully saturated rings. The number of benzene rings is 2. The highest BCUT2D eigenvalue weighted by Gasteiger charge is 2.34. The standard InChI is InChI=1S/C21H19N3O3S/c1-13-18(28-20(22-13)15-7-5-4-6-8-15)19-23-24(14(2)25)21(27-19)16-9-11-17(26-3)12-10-16/h4-12,21H,1-3H3.